The zero-order chi connectivity index (χ0) is 23.0. The van der Waals surface area contributed by atoms with E-state index in [1.165, 1.54) is 56.0 Å². The summed E-state index contributed by atoms with van der Waals surface area (Å²) in [6.07, 6.45) is -4.52. The van der Waals surface area contributed by atoms with Gasteiger partial charge in [-0.1, -0.05) is 26.0 Å². The van der Waals surface area contributed by atoms with Crippen LogP contribution in [-0.2, 0) is 12.0 Å². The second-order valence-corrected chi connectivity index (χ2v) is 8.26. The number of ether oxygens (including phenoxy) is 1. The molecule has 1 N–H and O–H groups in total. The summed E-state index contributed by atoms with van der Waals surface area (Å²) in [6, 6.07) is 11.0. The number of aromatic nitrogens is 1. The normalized spacial score (nSPS) is 14.5. The molecule has 8 heteroatoms. The van der Waals surface area contributed by atoms with Crippen molar-refractivity contribution < 1.29 is 27.4 Å². The third-order valence-corrected chi connectivity index (χ3v) is 5.47. The van der Waals surface area contributed by atoms with E-state index in [9.17, 15) is 27.5 Å². The Bertz CT molecular complexity index is 1150. The highest BCUT2D eigenvalue weighted by atomic mass is 19.4. The van der Waals surface area contributed by atoms with Crippen molar-refractivity contribution in [1.82, 2.24) is 4.57 Å². The van der Waals surface area contributed by atoms with E-state index < -0.39 is 36.0 Å². The van der Waals surface area contributed by atoms with Gasteiger partial charge in [0.05, 0.1) is 19.2 Å². The van der Waals surface area contributed by atoms with Crippen molar-refractivity contribution in [2.45, 2.75) is 44.0 Å². The van der Waals surface area contributed by atoms with Crippen LogP contribution in [0.5, 0.6) is 5.75 Å². The Kier molecular flexibility index (Phi) is 5.88. The van der Waals surface area contributed by atoms with Gasteiger partial charge >= 0.3 is 6.18 Å². The van der Waals surface area contributed by atoms with E-state index in [2.05, 4.69) is 0 Å². The van der Waals surface area contributed by atoms with Crippen molar-refractivity contribution >= 4 is 10.9 Å². The molecule has 1 unspecified atom stereocenters. The quantitative estimate of drug-likeness (QED) is 0.563. The Balaban J connectivity index is 2.08. The molecule has 2 aromatic carbocycles. The number of para-hydroxylation sites is 1. The Morgan fingerprint density at radius 2 is 1.74 bits per heavy atom. The van der Waals surface area contributed by atoms with Crippen molar-refractivity contribution in [1.29, 1.82) is 0 Å². The van der Waals surface area contributed by atoms with Gasteiger partial charge in [-0.15, -0.1) is 0 Å². The zero-order valence-corrected chi connectivity index (χ0v) is 17.3. The fourth-order valence-electron chi connectivity index (χ4n) is 3.96. The summed E-state index contributed by atoms with van der Waals surface area (Å²) in [7, 11) is 1.34. The van der Waals surface area contributed by atoms with E-state index in [0.717, 1.165) is 12.1 Å². The summed E-state index contributed by atoms with van der Waals surface area (Å²) in [6.45, 7) is 2.15. The predicted octanol–water partition coefficient (Wildman–Crippen LogP) is 4.81. The van der Waals surface area contributed by atoms with Crippen LogP contribution in [0.2, 0.25) is 0 Å². The van der Waals surface area contributed by atoms with Crippen molar-refractivity contribution in [3.8, 4) is 5.75 Å². The molecule has 0 saturated heterocycles. The first-order valence-electron chi connectivity index (χ1n) is 9.59. The van der Waals surface area contributed by atoms with Gasteiger partial charge in [0.15, 0.2) is 11.0 Å². The first-order chi connectivity index (χ1) is 14.4. The standard InChI is InChI=1S/C23H23F4NO3/c1-21(2,17-12-15(24)8-9-20(17)31-3)13-22(30,23(25,26)27)14-28-11-10-19(29)16-6-4-5-7-18(16)28/h4-12,30H,13-14H2,1-3H3. The highest BCUT2D eigenvalue weighted by Crippen LogP contribution is 2.44. The molecule has 0 saturated carbocycles. The van der Waals surface area contributed by atoms with E-state index in [-0.39, 0.29) is 27.6 Å². The molecule has 0 aliphatic heterocycles. The zero-order valence-electron chi connectivity index (χ0n) is 17.3. The highest BCUT2D eigenvalue weighted by molar-refractivity contribution is 5.78. The van der Waals surface area contributed by atoms with Crippen LogP contribution in [0.3, 0.4) is 0 Å². The van der Waals surface area contributed by atoms with Crippen LogP contribution in [0.4, 0.5) is 17.6 Å². The average molecular weight is 437 g/mol. The van der Waals surface area contributed by atoms with Crippen LogP contribution in [-0.4, -0.2) is 28.6 Å². The number of pyridine rings is 1. The lowest BCUT2D eigenvalue weighted by molar-refractivity contribution is -0.271. The topological polar surface area (TPSA) is 51.5 Å². The summed E-state index contributed by atoms with van der Waals surface area (Å²) < 4.78 is 62.7. The molecule has 0 fully saturated rings. The molecule has 0 spiro atoms. The van der Waals surface area contributed by atoms with Gasteiger partial charge in [-0.3, -0.25) is 4.79 Å². The number of aliphatic hydroxyl groups is 1. The molecule has 0 aliphatic rings. The third kappa shape index (κ3) is 4.44. The number of fused-ring (bicyclic) bond motifs is 1. The molecule has 4 nitrogen and oxygen atoms in total. The molecule has 1 heterocycles. The molecule has 166 valence electrons. The Labute approximate surface area is 176 Å². The number of halogens is 4. The lowest BCUT2D eigenvalue weighted by atomic mass is 9.74. The summed E-state index contributed by atoms with van der Waals surface area (Å²) in [5, 5.41) is 11.2. The van der Waals surface area contributed by atoms with Gasteiger partial charge in [-0.2, -0.15) is 13.2 Å². The Morgan fingerprint density at radius 3 is 2.39 bits per heavy atom. The number of nitrogens with zero attached hydrogens (tertiary/aromatic N) is 1. The minimum atomic E-state index is -4.99. The van der Waals surface area contributed by atoms with Crippen molar-refractivity contribution in [2.24, 2.45) is 0 Å². The molecule has 31 heavy (non-hydrogen) atoms. The second kappa shape index (κ2) is 8.00. The van der Waals surface area contributed by atoms with Crippen LogP contribution in [0, 0.1) is 5.82 Å². The molecule has 1 aromatic heterocycles. The lowest BCUT2D eigenvalue weighted by Gasteiger charge is -2.39. The molecular weight excluding hydrogens is 414 g/mol. The maximum atomic E-state index is 14.1. The van der Waals surface area contributed by atoms with E-state index >= 15 is 0 Å². The Morgan fingerprint density at radius 1 is 1.06 bits per heavy atom. The van der Waals surface area contributed by atoms with Gasteiger partial charge in [-0.05, 0) is 42.2 Å². The van der Waals surface area contributed by atoms with Crippen molar-refractivity contribution in [3.05, 3.63) is 76.3 Å². The average Bonchev–Trinajstić information content (AvgIpc) is 2.69. The smallest absolute Gasteiger partial charge is 0.418 e. The predicted molar refractivity (Wildman–Crippen MR) is 110 cm³/mol. The van der Waals surface area contributed by atoms with Gasteiger partial charge in [-0.25, -0.2) is 4.39 Å². The molecule has 1 atom stereocenters. The van der Waals surface area contributed by atoms with Gasteiger partial charge < -0.3 is 14.4 Å². The van der Waals surface area contributed by atoms with Gasteiger partial charge in [0.25, 0.3) is 0 Å². The number of rotatable bonds is 6. The number of hydrogen-bond donors (Lipinski definition) is 1. The van der Waals surface area contributed by atoms with E-state index in [0.29, 0.717) is 0 Å². The highest BCUT2D eigenvalue weighted by Gasteiger charge is 2.56. The SMILES string of the molecule is COc1ccc(F)cc1C(C)(C)CC(O)(Cn1ccc(=O)c2ccccc21)C(F)(F)F. The second-order valence-electron chi connectivity index (χ2n) is 8.26. The summed E-state index contributed by atoms with van der Waals surface area (Å²) in [5.41, 5.74) is -4.30. The number of alkyl halides is 3. The maximum absolute atomic E-state index is 14.1. The molecule has 3 rings (SSSR count). The van der Waals surface area contributed by atoms with Gasteiger partial charge in [0.1, 0.15) is 11.6 Å². The molecule has 0 bridgehead atoms. The molecule has 3 aromatic rings. The minimum absolute atomic E-state index is 0.211. The molecular formula is C23H23F4NO3. The van der Waals surface area contributed by atoms with Crippen LogP contribution < -0.4 is 10.2 Å². The van der Waals surface area contributed by atoms with Gasteiger partial charge in [0.2, 0.25) is 0 Å². The molecule has 0 radical (unpaired) electrons. The molecule has 0 amide bonds. The Hall–Kier alpha value is -2.87. The van der Waals surface area contributed by atoms with E-state index in [1.807, 2.05) is 0 Å². The largest absolute Gasteiger partial charge is 0.496 e. The monoisotopic (exact) mass is 437 g/mol. The molecule has 0 aliphatic carbocycles. The first-order valence-corrected chi connectivity index (χ1v) is 9.59. The maximum Gasteiger partial charge on any atom is 0.418 e. The third-order valence-electron chi connectivity index (χ3n) is 5.47. The summed E-state index contributed by atoms with van der Waals surface area (Å²) in [4.78, 5) is 12.1. The van der Waals surface area contributed by atoms with E-state index in [1.54, 1.807) is 12.1 Å². The van der Waals surface area contributed by atoms with Crippen molar-refractivity contribution in [2.75, 3.05) is 7.11 Å². The van der Waals surface area contributed by atoms with Crippen LogP contribution >= 0.6 is 0 Å². The first kappa shape index (κ1) is 22.8. The summed E-state index contributed by atoms with van der Waals surface area (Å²) in [5.74, 6) is -0.393. The van der Waals surface area contributed by atoms with E-state index in [4.69, 9.17) is 4.74 Å². The van der Waals surface area contributed by atoms with Crippen LogP contribution in [0.1, 0.15) is 25.8 Å². The minimum Gasteiger partial charge on any atom is -0.496 e. The van der Waals surface area contributed by atoms with Crippen LogP contribution in [0.25, 0.3) is 10.9 Å². The fourth-order valence-corrected chi connectivity index (χ4v) is 3.96. The fraction of sp³-hybridized carbons (Fsp3) is 0.348. The van der Waals surface area contributed by atoms with Crippen LogP contribution in [0.15, 0.2) is 59.5 Å². The lowest BCUT2D eigenvalue weighted by Crippen LogP contribution is -2.52. The summed E-state index contributed by atoms with van der Waals surface area (Å²) >= 11 is 0. The van der Waals surface area contributed by atoms with Crippen molar-refractivity contribution in [3.63, 3.8) is 0 Å². The number of hydrogen-bond acceptors (Lipinski definition) is 3. The van der Waals surface area contributed by atoms with Gasteiger partial charge in [0, 0.05) is 23.2 Å². The number of methoxy groups -OCH3 is 1. The number of benzene rings is 2.